The van der Waals surface area contributed by atoms with Crippen molar-refractivity contribution in [3.8, 4) is 0 Å². The third kappa shape index (κ3) is 4.11. The van der Waals surface area contributed by atoms with E-state index in [4.69, 9.17) is 4.74 Å². The number of methoxy groups -OCH3 is 1. The molecule has 0 aliphatic carbocycles. The van der Waals surface area contributed by atoms with E-state index in [1.54, 1.807) is 13.2 Å². The van der Waals surface area contributed by atoms with Crippen LogP contribution in [-0.4, -0.2) is 29.6 Å². The van der Waals surface area contributed by atoms with Crippen molar-refractivity contribution >= 4 is 11.7 Å². The second kappa shape index (κ2) is 6.30. The average Bonchev–Trinajstić information content (AvgIpc) is 2.28. The van der Waals surface area contributed by atoms with Gasteiger partial charge in [-0.3, -0.25) is 4.79 Å². The van der Waals surface area contributed by atoms with Crippen LogP contribution in [0.15, 0.2) is 6.07 Å². The summed E-state index contributed by atoms with van der Waals surface area (Å²) in [6.45, 7) is 6.04. The minimum absolute atomic E-state index is 0.0907. The molecule has 94 valence electrons. The van der Waals surface area contributed by atoms with Crippen LogP contribution in [0, 0.1) is 12.8 Å². The molecule has 0 spiro atoms. The molecular weight excluding hydrogens is 218 g/mol. The Labute approximate surface area is 102 Å². The highest BCUT2D eigenvalue weighted by Gasteiger charge is 2.13. The first-order chi connectivity index (χ1) is 8.06. The van der Waals surface area contributed by atoms with Crippen molar-refractivity contribution in [3.63, 3.8) is 0 Å². The van der Waals surface area contributed by atoms with Crippen LogP contribution in [0.5, 0.6) is 0 Å². The molecule has 1 atom stereocenters. The van der Waals surface area contributed by atoms with E-state index in [0.29, 0.717) is 18.2 Å². The lowest BCUT2D eigenvalue weighted by atomic mass is 10.2. The van der Waals surface area contributed by atoms with Crippen molar-refractivity contribution in [2.24, 2.45) is 5.92 Å². The molecule has 1 rings (SSSR count). The number of anilines is 1. The third-order valence-corrected chi connectivity index (χ3v) is 2.37. The molecule has 0 aromatic carbocycles. The second-order valence-electron chi connectivity index (χ2n) is 3.99. The molecule has 1 aromatic heterocycles. The summed E-state index contributed by atoms with van der Waals surface area (Å²) in [7, 11) is 1.58. The highest BCUT2D eigenvalue weighted by Crippen LogP contribution is 2.09. The lowest BCUT2D eigenvalue weighted by Gasteiger charge is -2.11. The summed E-state index contributed by atoms with van der Waals surface area (Å²) < 4.78 is 4.94. The summed E-state index contributed by atoms with van der Waals surface area (Å²) in [6.07, 6.45) is 0.819. The van der Waals surface area contributed by atoms with E-state index in [2.05, 4.69) is 15.3 Å². The largest absolute Gasteiger partial charge is 0.384 e. The highest BCUT2D eigenvalue weighted by atomic mass is 16.5. The Morgan fingerprint density at radius 1 is 1.53 bits per heavy atom. The van der Waals surface area contributed by atoms with Gasteiger partial charge >= 0.3 is 0 Å². The number of aryl methyl sites for hydroxylation is 2. The number of aromatic nitrogens is 2. The Morgan fingerprint density at radius 2 is 2.24 bits per heavy atom. The van der Waals surface area contributed by atoms with Gasteiger partial charge in [0.05, 0.1) is 12.5 Å². The van der Waals surface area contributed by atoms with Gasteiger partial charge in [-0.05, 0) is 13.3 Å². The van der Waals surface area contributed by atoms with Crippen molar-refractivity contribution in [2.75, 3.05) is 19.0 Å². The van der Waals surface area contributed by atoms with Crippen molar-refractivity contribution in [2.45, 2.75) is 27.2 Å². The standard InChI is InChI=1S/C12H19N3O2/c1-5-10-6-11(14-9(3)13-10)15-12(16)8(2)7-17-4/h6,8H,5,7H2,1-4H3,(H,13,14,15,16)/t8-/m0/s1. The molecule has 0 unspecified atom stereocenters. The zero-order valence-corrected chi connectivity index (χ0v) is 10.8. The summed E-state index contributed by atoms with van der Waals surface area (Å²) in [4.78, 5) is 20.2. The summed E-state index contributed by atoms with van der Waals surface area (Å²) in [5.41, 5.74) is 0.923. The summed E-state index contributed by atoms with van der Waals surface area (Å²) in [5, 5.41) is 2.77. The second-order valence-corrected chi connectivity index (χ2v) is 3.99. The van der Waals surface area contributed by atoms with E-state index in [1.807, 2.05) is 20.8 Å². The Bertz CT molecular complexity index is 393. The van der Waals surface area contributed by atoms with Crippen molar-refractivity contribution in [1.29, 1.82) is 0 Å². The van der Waals surface area contributed by atoms with E-state index >= 15 is 0 Å². The quantitative estimate of drug-likeness (QED) is 0.844. The lowest BCUT2D eigenvalue weighted by molar-refractivity contribution is -0.120. The lowest BCUT2D eigenvalue weighted by Crippen LogP contribution is -2.24. The zero-order valence-electron chi connectivity index (χ0n) is 10.8. The number of hydrogen-bond donors (Lipinski definition) is 1. The topological polar surface area (TPSA) is 64.1 Å². The Morgan fingerprint density at radius 3 is 2.82 bits per heavy atom. The van der Waals surface area contributed by atoms with Gasteiger partial charge in [-0.1, -0.05) is 13.8 Å². The van der Waals surface area contributed by atoms with Gasteiger partial charge in [0.2, 0.25) is 5.91 Å². The molecule has 0 fully saturated rings. The van der Waals surface area contributed by atoms with Gasteiger partial charge < -0.3 is 10.1 Å². The smallest absolute Gasteiger partial charge is 0.230 e. The van der Waals surface area contributed by atoms with Crippen LogP contribution in [0.2, 0.25) is 0 Å². The fourth-order valence-corrected chi connectivity index (χ4v) is 1.45. The van der Waals surface area contributed by atoms with Crippen molar-refractivity contribution in [1.82, 2.24) is 9.97 Å². The first-order valence-corrected chi connectivity index (χ1v) is 5.71. The van der Waals surface area contributed by atoms with Gasteiger partial charge in [0, 0.05) is 18.9 Å². The average molecular weight is 237 g/mol. The number of rotatable bonds is 5. The number of ether oxygens (including phenoxy) is 1. The van der Waals surface area contributed by atoms with Crippen LogP contribution in [0.25, 0.3) is 0 Å². The molecular formula is C12H19N3O2. The van der Waals surface area contributed by atoms with Gasteiger partial charge in [-0.15, -0.1) is 0 Å². The highest BCUT2D eigenvalue weighted by molar-refractivity contribution is 5.91. The Hall–Kier alpha value is -1.49. The third-order valence-electron chi connectivity index (χ3n) is 2.37. The molecule has 0 aliphatic heterocycles. The maximum atomic E-state index is 11.8. The van der Waals surface area contributed by atoms with Crippen LogP contribution < -0.4 is 5.32 Å². The molecule has 17 heavy (non-hydrogen) atoms. The number of hydrogen-bond acceptors (Lipinski definition) is 4. The number of nitrogens with one attached hydrogen (secondary N) is 1. The van der Waals surface area contributed by atoms with Gasteiger partial charge in [0.1, 0.15) is 11.6 Å². The summed E-state index contributed by atoms with van der Waals surface area (Å²) in [5.74, 6) is 0.939. The summed E-state index contributed by atoms with van der Waals surface area (Å²) in [6, 6.07) is 1.80. The molecule has 1 aromatic rings. The number of amides is 1. The van der Waals surface area contributed by atoms with E-state index < -0.39 is 0 Å². The molecule has 0 aliphatic rings. The normalized spacial score (nSPS) is 12.2. The fraction of sp³-hybridized carbons (Fsp3) is 0.583. The van der Waals surface area contributed by atoms with Crippen LogP contribution >= 0.6 is 0 Å². The number of carbonyl (C=O) groups is 1. The van der Waals surface area contributed by atoms with Gasteiger partial charge in [0.15, 0.2) is 0 Å². The molecule has 0 saturated carbocycles. The zero-order chi connectivity index (χ0) is 12.8. The maximum Gasteiger partial charge on any atom is 0.230 e. The van der Waals surface area contributed by atoms with Gasteiger partial charge in [-0.2, -0.15) is 0 Å². The molecule has 0 radical (unpaired) electrons. The SMILES string of the molecule is CCc1cc(NC(=O)[C@@H](C)COC)nc(C)n1. The van der Waals surface area contributed by atoms with Crippen molar-refractivity contribution < 1.29 is 9.53 Å². The molecule has 1 heterocycles. The maximum absolute atomic E-state index is 11.8. The van der Waals surface area contributed by atoms with Gasteiger partial charge in [-0.25, -0.2) is 9.97 Å². The predicted octanol–water partition coefficient (Wildman–Crippen LogP) is 1.57. The minimum Gasteiger partial charge on any atom is -0.384 e. The van der Waals surface area contributed by atoms with Crippen LogP contribution in [0.3, 0.4) is 0 Å². The van der Waals surface area contributed by atoms with E-state index in [9.17, 15) is 4.79 Å². The van der Waals surface area contributed by atoms with Crippen LogP contribution in [-0.2, 0) is 16.0 Å². The summed E-state index contributed by atoms with van der Waals surface area (Å²) >= 11 is 0. The minimum atomic E-state index is -0.194. The van der Waals surface area contributed by atoms with Crippen LogP contribution in [0.4, 0.5) is 5.82 Å². The van der Waals surface area contributed by atoms with Crippen LogP contribution in [0.1, 0.15) is 25.4 Å². The first kappa shape index (κ1) is 13.6. The fourth-order valence-electron chi connectivity index (χ4n) is 1.45. The molecule has 5 nitrogen and oxygen atoms in total. The first-order valence-electron chi connectivity index (χ1n) is 5.71. The predicted molar refractivity (Wildman–Crippen MR) is 65.8 cm³/mol. The monoisotopic (exact) mass is 237 g/mol. The van der Waals surface area contributed by atoms with Crippen molar-refractivity contribution in [3.05, 3.63) is 17.6 Å². The molecule has 0 bridgehead atoms. The molecule has 1 amide bonds. The molecule has 0 saturated heterocycles. The van der Waals surface area contributed by atoms with E-state index in [1.165, 1.54) is 0 Å². The number of nitrogens with zero attached hydrogens (tertiary/aromatic N) is 2. The Balaban J connectivity index is 2.74. The number of carbonyl (C=O) groups excluding carboxylic acids is 1. The molecule has 1 N–H and O–H groups in total. The van der Waals surface area contributed by atoms with E-state index in [-0.39, 0.29) is 11.8 Å². The van der Waals surface area contributed by atoms with E-state index in [0.717, 1.165) is 12.1 Å². The molecule has 5 heteroatoms. The van der Waals surface area contributed by atoms with Gasteiger partial charge in [0.25, 0.3) is 0 Å². The Kier molecular flexibility index (Phi) is 5.03.